The molecule has 2 aromatic carbocycles. The standard InChI is InChI=1S/C17H16N3O6P/c1-23-13-7-11(8-14-17(13)25-9-24-14)16-15(18-20-19-16)10-3-5-12(6-4-10)26-27(2,21)22/h3-8H,9H2,1-2H3,(H,21,22)(H,18,19,20). The molecule has 1 unspecified atom stereocenters. The second-order valence-electron chi connectivity index (χ2n) is 5.85. The van der Waals surface area contributed by atoms with Crippen LogP contribution in [-0.4, -0.2) is 40.9 Å². The zero-order valence-corrected chi connectivity index (χ0v) is 15.4. The number of fused-ring (bicyclic) bond motifs is 1. The molecule has 9 nitrogen and oxygen atoms in total. The SMILES string of the molecule is COc1cc(-c2n[nH]nc2-c2ccc(OP(C)(=O)O)cc2)cc2c1OCO2. The molecule has 0 spiro atoms. The van der Waals surface area contributed by atoms with Crippen molar-refractivity contribution in [2.24, 2.45) is 0 Å². The van der Waals surface area contributed by atoms with Crippen LogP contribution in [0.3, 0.4) is 0 Å². The first-order chi connectivity index (χ1) is 12.9. The van der Waals surface area contributed by atoms with Crippen LogP contribution in [0.5, 0.6) is 23.0 Å². The molecule has 0 bridgehead atoms. The summed E-state index contributed by atoms with van der Waals surface area (Å²) in [6.07, 6.45) is 0. The van der Waals surface area contributed by atoms with Crippen LogP contribution in [-0.2, 0) is 4.57 Å². The minimum Gasteiger partial charge on any atom is -0.493 e. The van der Waals surface area contributed by atoms with Crippen molar-refractivity contribution in [1.29, 1.82) is 0 Å². The van der Waals surface area contributed by atoms with Gasteiger partial charge in [0, 0.05) is 17.8 Å². The normalized spacial score (nSPS) is 14.6. The first-order valence-electron chi connectivity index (χ1n) is 7.93. The van der Waals surface area contributed by atoms with E-state index in [9.17, 15) is 9.46 Å². The maximum absolute atomic E-state index is 11.4. The number of methoxy groups -OCH3 is 1. The van der Waals surface area contributed by atoms with E-state index in [1.807, 2.05) is 6.07 Å². The second kappa shape index (κ2) is 6.61. The average molecular weight is 389 g/mol. The van der Waals surface area contributed by atoms with Crippen LogP contribution in [0.1, 0.15) is 0 Å². The summed E-state index contributed by atoms with van der Waals surface area (Å²) in [5.41, 5.74) is 2.70. The van der Waals surface area contributed by atoms with Gasteiger partial charge in [-0.2, -0.15) is 15.4 Å². The number of hydrogen-bond donors (Lipinski definition) is 2. The van der Waals surface area contributed by atoms with Crippen molar-refractivity contribution in [3.05, 3.63) is 36.4 Å². The van der Waals surface area contributed by atoms with Crippen LogP contribution in [0.2, 0.25) is 0 Å². The van der Waals surface area contributed by atoms with Crippen LogP contribution in [0.25, 0.3) is 22.5 Å². The third-order valence-corrected chi connectivity index (χ3v) is 4.43. The van der Waals surface area contributed by atoms with E-state index in [0.29, 0.717) is 34.4 Å². The molecular formula is C17H16N3O6P. The van der Waals surface area contributed by atoms with E-state index in [0.717, 1.165) is 17.8 Å². The van der Waals surface area contributed by atoms with E-state index < -0.39 is 7.60 Å². The Hall–Kier alpha value is -3.03. The number of nitrogens with zero attached hydrogens (tertiary/aromatic N) is 2. The van der Waals surface area contributed by atoms with Gasteiger partial charge >= 0.3 is 7.60 Å². The van der Waals surface area contributed by atoms with E-state index >= 15 is 0 Å². The van der Waals surface area contributed by atoms with E-state index in [-0.39, 0.29) is 6.79 Å². The molecule has 3 aromatic rings. The largest absolute Gasteiger partial charge is 0.493 e. The van der Waals surface area contributed by atoms with Gasteiger partial charge in [-0.25, -0.2) is 4.57 Å². The molecule has 4 rings (SSSR count). The highest BCUT2D eigenvalue weighted by atomic mass is 31.2. The lowest BCUT2D eigenvalue weighted by Crippen LogP contribution is -1.93. The molecule has 140 valence electrons. The van der Waals surface area contributed by atoms with E-state index in [1.165, 1.54) is 0 Å². The van der Waals surface area contributed by atoms with Gasteiger partial charge in [-0.1, -0.05) is 0 Å². The molecule has 2 heterocycles. The molecule has 10 heteroatoms. The van der Waals surface area contributed by atoms with Crippen molar-refractivity contribution in [3.8, 4) is 45.5 Å². The molecular weight excluding hydrogens is 373 g/mol. The van der Waals surface area contributed by atoms with Gasteiger partial charge in [0.25, 0.3) is 0 Å². The molecule has 0 saturated heterocycles. The van der Waals surface area contributed by atoms with Gasteiger partial charge in [0.2, 0.25) is 12.5 Å². The lowest BCUT2D eigenvalue weighted by atomic mass is 10.0. The van der Waals surface area contributed by atoms with Crippen LogP contribution in [0.4, 0.5) is 0 Å². The number of hydrogen-bond acceptors (Lipinski definition) is 7. The lowest BCUT2D eigenvalue weighted by molar-refractivity contribution is 0.171. The van der Waals surface area contributed by atoms with Crippen molar-refractivity contribution >= 4 is 7.60 Å². The van der Waals surface area contributed by atoms with Crippen molar-refractivity contribution in [1.82, 2.24) is 15.4 Å². The summed E-state index contributed by atoms with van der Waals surface area (Å²) in [5.74, 6) is 1.96. The molecule has 1 atom stereocenters. The Kier molecular flexibility index (Phi) is 4.25. The summed E-state index contributed by atoms with van der Waals surface area (Å²) in [6, 6.07) is 10.3. The summed E-state index contributed by atoms with van der Waals surface area (Å²) >= 11 is 0. The predicted octanol–water partition coefficient (Wildman–Crippen LogP) is 3.07. The van der Waals surface area contributed by atoms with Gasteiger partial charge in [0.15, 0.2) is 11.5 Å². The zero-order chi connectivity index (χ0) is 19.0. The van der Waals surface area contributed by atoms with Gasteiger partial charge in [0.1, 0.15) is 17.1 Å². The minimum atomic E-state index is -3.61. The Morgan fingerprint density at radius 1 is 1.11 bits per heavy atom. The van der Waals surface area contributed by atoms with Gasteiger partial charge in [-0.05, 0) is 36.4 Å². The van der Waals surface area contributed by atoms with Gasteiger partial charge < -0.3 is 23.6 Å². The zero-order valence-electron chi connectivity index (χ0n) is 14.5. The quantitative estimate of drug-likeness (QED) is 0.640. The number of H-pyrrole nitrogens is 1. The lowest BCUT2D eigenvalue weighted by Gasteiger charge is -2.09. The number of aromatic amines is 1. The fourth-order valence-corrected chi connectivity index (χ4v) is 3.28. The molecule has 1 aliphatic rings. The molecule has 0 saturated carbocycles. The van der Waals surface area contributed by atoms with Gasteiger partial charge in [-0.3, -0.25) is 0 Å². The first-order valence-corrected chi connectivity index (χ1v) is 9.96. The maximum atomic E-state index is 11.4. The number of rotatable bonds is 5. The fraction of sp³-hybridized carbons (Fsp3) is 0.176. The van der Waals surface area contributed by atoms with Crippen molar-refractivity contribution < 1.29 is 28.2 Å². The third-order valence-electron chi connectivity index (χ3n) is 3.88. The molecule has 0 fully saturated rings. The summed E-state index contributed by atoms with van der Waals surface area (Å²) in [6.45, 7) is 1.26. The van der Waals surface area contributed by atoms with Crippen molar-refractivity contribution in [2.45, 2.75) is 0 Å². The Bertz CT molecular complexity index is 1030. The van der Waals surface area contributed by atoms with Crippen LogP contribution in [0.15, 0.2) is 36.4 Å². The molecule has 2 N–H and O–H groups in total. The maximum Gasteiger partial charge on any atom is 0.373 e. The number of nitrogens with one attached hydrogen (secondary N) is 1. The smallest absolute Gasteiger partial charge is 0.373 e. The Morgan fingerprint density at radius 2 is 1.81 bits per heavy atom. The summed E-state index contributed by atoms with van der Waals surface area (Å²) in [7, 11) is -2.06. The van der Waals surface area contributed by atoms with Crippen molar-refractivity contribution in [3.63, 3.8) is 0 Å². The second-order valence-corrected chi connectivity index (χ2v) is 7.64. The molecule has 27 heavy (non-hydrogen) atoms. The Morgan fingerprint density at radius 3 is 2.48 bits per heavy atom. The number of benzene rings is 2. The van der Waals surface area contributed by atoms with Crippen LogP contribution >= 0.6 is 7.60 Å². The topological polar surface area (TPSA) is 116 Å². The number of aromatic nitrogens is 3. The fourth-order valence-electron chi connectivity index (χ4n) is 2.77. The molecule has 0 aliphatic carbocycles. The first kappa shape index (κ1) is 17.4. The number of ether oxygens (including phenoxy) is 3. The Balaban J connectivity index is 1.71. The summed E-state index contributed by atoms with van der Waals surface area (Å²) < 4.78 is 32.6. The molecule has 0 amide bonds. The van der Waals surface area contributed by atoms with Gasteiger partial charge in [0.05, 0.1) is 7.11 Å². The average Bonchev–Trinajstić information content (AvgIpc) is 3.29. The van der Waals surface area contributed by atoms with Crippen molar-refractivity contribution in [2.75, 3.05) is 20.6 Å². The Labute approximate surface area is 154 Å². The van der Waals surface area contributed by atoms with E-state index in [1.54, 1.807) is 37.4 Å². The highest BCUT2D eigenvalue weighted by Gasteiger charge is 2.23. The molecule has 1 aromatic heterocycles. The summed E-state index contributed by atoms with van der Waals surface area (Å²) in [5, 5.41) is 11.1. The highest BCUT2D eigenvalue weighted by molar-refractivity contribution is 7.52. The minimum absolute atomic E-state index is 0.133. The monoisotopic (exact) mass is 389 g/mol. The molecule has 0 radical (unpaired) electrons. The van der Waals surface area contributed by atoms with Gasteiger partial charge in [-0.15, -0.1) is 0 Å². The molecule has 1 aliphatic heterocycles. The highest BCUT2D eigenvalue weighted by Crippen LogP contribution is 2.45. The van der Waals surface area contributed by atoms with Crippen LogP contribution < -0.4 is 18.7 Å². The third kappa shape index (κ3) is 3.47. The predicted molar refractivity (Wildman–Crippen MR) is 96.3 cm³/mol. The summed E-state index contributed by atoms with van der Waals surface area (Å²) in [4.78, 5) is 9.32. The van der Waals surface area contributed by atoms with Crippen LogP contribution in [0, 0.1) is 0 Å². The van der Waals surface area contributed by atoms with E-state index in [4.69, 9.17) is 18.7 Å². The van der Waals surface area contributed by atoms with E-state index in [2.05, 4.69) is 15.4 Å².